The molecule has 2 aliphatic rings. The van der Waals surface area contributed by atoms with Crippen LogP contribution in [0.3, 0.4) is 0 Å². The number of hydrogen-bond acceptors (Lipinski definition) is 4. The number of Topliss-reactive ketones (excluding diaryl/α,β-unsaturated/α-hetero) is 1. The molecular weight excluding hydrogens is 252 g/mol. The summed E-state index contributed by atoms with van der Waals surface area (Å²) in [6.07, 6.45) is 6.31. The standard InChI is InChI=1S/C13H16O4S/c14-13(9-4-5-17-8-9)10-6-11-2-1-3-12(7-10)18(11,15)16/h4-5,8,10-12H,1-3,6-7H2. The number of fused-ring (bicyclic) bond motifs is 2. The highest BCUT2D eigenvalue weighted by atomic mass is 32.2. The molecule has 3 rings (SSSR count). The van der Waals surface area contributed by atoms with Gasteiger partial charge in [0.15, 0.2) is 15.6 Å². The predicted molar refractivity (Wildman–Crippen MR) is 66.1 cm³/mol. The minimum absolute atomic E-state index is 0.0375. The van der Waals surface area contributed by atoms with Crippen molar-refractivity contribution in [2.45, 2.75) is 42.6 Å². The van der Waals surface area contributed by atoms with Crippen molar-refractivity contribution >= 4 is 15.6 Å². The number of sulfone groups is 1. The lowest BCUT2D eigenvalue weighted by Crippen LogP contribution is -2.45. The van der Waals surface area contributed by atoms with Gasteiger partial charge in [-0.05, 0) is 31.7 Å². The zero-order valence-electron chi connectivity index (χ0n) is 10.0. The molecule has 4 nitrogen and oxygen atoms in total. The molecule has 1 aromatic rings. The van der Waals surface area contributed by atoms with Crippen LogP contribution in [0.15, 0.2) is 23.0 Å². The van der Waals surface area contributed by atoms with Crippen LogP contribution in [0.1, 0.15) is 42.5 Å². The molecule has 2 saturated heterocycles. The van der Waals surface area contributed by atoms with Crippen molar-refractivity contribution in [1.82, 2.24) is 0 Å². The van der Waals surface area contributed by atoms with Crippen LogP contribution in [0, 0.1) is 5.92 Å². The van der Waals surface area contributed by atoms with Gasteiger partial charge in [-0.25, -0.2) is 8.42 Å². The molecule has 0 aromatic carbocycles. The fraction of sp³-hybridized carbons (Fsp3) is 0.615. The molecule has 0 radical (unpaired) electrons. The van der Waals surface area contributed by atoms with E-state index in [-0.39, 0.29) is 22.2 Å². The first-order valence-corrected chi connectivity index (χ1v) is 7.99. The average Bonchev–Trinajstić information content (AvgIpc) is 2.79. The number of rotatable bonds is 2. The third-order valence-electron chi connectivity index (χ3n) is 4.25. The van der Waals surface area contributed by atoms with Crippen LogP contribution in [-0.4, -0.2) is 24.7 Å². The van der Waals surface area contributed by atoms with Crippen molar-refractivity contribution < 1.29 is 17.6 Å². The maximum atomic E-state index is 12.2. The molecule has 0 saturated carbocycles. The van der Waals surface area contributed by atoms with Crippen LogP contribution in [-0.2, 0) is 9.84 Å². The summed E-state index contributed by atoms with van der Waals surface area (Å²) >= 11 is 0. The van der Waals surface area contributed by atoms with Gasteiger partial charge in [-0.1, -0.05) is 6.42 Å². The van der Waals surface area contributed by atoms with Gasteiger partial charge in [0, 0.05) is 5.92 Å². The lowest BCUT2D eigenvalue weighted by Gasteiger charge is -2.37. The van der Waals surface area contributed by atoms with E-state index >= 15 is 0 Å². The summed E-state index contributed by atoms with van der Waals surface area (Å²) < 4.78 is 29.2. The minimum Gasteiger partial charge on any atom is -0.472 e. The second kappa shape index (κ2) is 4.23. The lowest BCUT2D eigenvalue weighted by molar-refractivity contribution is 0.0893. The van der Waals surface area contributed by atoms with Gasteiger partial charge in [-0.15, -0.1) is 0 Å². The highest BCUT2D eigenvalue weighted by Crippen LogP contribution is 2.40. The summed E-state index contributed by atoms with van der Waals surface area (Å²) in [6, 6.07) is 1.65. The van der Waals surface area contributed by atoms with Gasteiger partial charge < -0.3 is 4.42 Å². The topological polar surface area (TPSA) is 64.3 Å². The van der Waals surface area contributed by atoms with E-state index in [0.717, 1.165) is 6.42 Å². The largest absolute Gasteiger partial charge is 0.472 e. The Morgan fingerprint density at radius 1 is 1.22 bits per heavy atom. The zero-order chi connectivity index (χ0) is 12.8. The van der Waals surface area contributed by atoms with Crippen LogP contribution < -0.4 is 0 Å². The molecule has 1 aromatic heterocycles. The molecule has 2 fully saturated rings. The highest BCUT2D eigenvalue weighted by Gasteiger charge is 2.46. The molecule has 0 spiro atoms. The Bertz CT molecular complexity index is 524. The molecule has 2 unspecified atom stereocenters. The van der Waals surface area contributed by atoms with Gasteiger partial charge in [0.1, 0.15) is 6.26 Å². The van der Waals surface area contributed by atoms with E-state index in [1.54, 1.807) is 6.07 Å². The van der Waals surface area contributed by atoms with Crippen molar-refractivity contribution in [2.24, 2.45) is 5.92 Å². The first-order chi connectivity index (χ1) is 8.59. The van der Waals surface area contributed by atoms with E-state index in [1.165, 1.54) is 12.5 Å². The Morgan fingerprint density at radius 2 is 1.89 bits per heavy atom. The molecule has 0 aliphatic carbocycles. The van der Waals surface area contributed by atoms with Gasteiger partial charge in [-0.3, -0.25) is 4.79 Å². The van der Waals surface area contributed by atoms with Crippen molar-refractivity contribution in [3.05, 3.63) is 24.2 Å². The molecule has 98 valence electrons. The Labute approximate surface area is 106 Å². The fourth-order valence-corrected chi connectivity index (χ4v) is 5.80. The summed E-state index contributed by atoms with van der Waals surface area (Å²) in [7, 11) is -2.98. The van der Waals surface area contributed by atoms with Gasteiger partial charge in [0.25, 0.3) is 0 Å². The van der Waals surface area contributed by atoms with Crippen LogP contribution in [0.2, 0.25) is 0 Å². The minimum atomic E-state index is -2.98. The van der Waals surface area contributed by atoms with Gasteiger partial charge >= 0.3 is 0 Å². The van der Waals surface area contributed by atoms with Gasteiger partial charge in [0.2, 0.25) is 0 Å². The van der Waals surface area contributed by atoms with Crippen LogP contribution in [0.25, 0.3) is 0 Å². The maximum absolute atomic E-state index is 12.2. The Hall–Kier alpha value is -1.10. The molecule has 3 heterocycles. The smallest absolute Gasteiger partial charge is 0.169 e. The van der Waals surface area contributed by atoms with Crippen LogP contribution in [0.5, 0.6) is 0 Å². The first-order valence-electron chi connectivity index (χ1n) is 6.38. The number of furan rings is 1. The van der Waals surface area contributed by atoms with Crippen LogP contribution in [0.4, 0.5) is 0 Å². The molecule has 18 heavy (non-hydrogen) atoms. The quantitative estimate of drug-likeness (QED) is 0.771. The average molecular weight is 268 g/mol. The third-order valence-corrected chi connectivity index (χ3v) is 6.97. The van der Waals surface area contributed by atoms with E-state index in [9.17, 15) is 13.2 Å². The zero-order valence-corrected chi connectivity index (χ0v) is 10.9. The number of ketones is 1. The predicted octanol–water partition coefficient (Wildman–Crippen LogP) is 2.21. The molecule has 2 atom stereocenters. The summed E-state index contributed by atoms with van der Waals surface area (Å²) in [5.74, 6) is -0.114. The Morgan fingerprint density at radius 3 is 2.44 bits per heavy atom. The van der Waals surface area contributed by atoms with Crippen molar-refractivity contribution in [1.29, 1.82) is 0 Å². The van der Waals surface area contributed by atoms with Gasteiger partial charge in [0.05, 0.1) is 22.3 Å². The van der Waals surface area contributed by atoms with Crippen molar-refractivity contribution in [3.63, 3.8) is 0 Å². The third kappa shape index (κ3) is 1.81. The second-order valence-corrected chi connectivity index (χ2v) is 7.82. The van der Waals surface area contributed by atoms with E-state index in [2.05, 4.69) is 0 Å². The molecule has 0 amide bonds. The molecule has 5 heteroatoms. The molecule has 2 aliphatic heterocycles. The summed E-state index contributed by atoms with van der Waals surface area (Å²) in [5, 5.41) is -0.600. The second-order valence-electron chi connectivity index (χ2n) is 5.31. The molecular formula is C13H16O4S. The summed E-state index contributed by atoms with van der Waals surface area (Å²) in [6.45, 7) is 0. The SMILES string of the molecule is O=C(c1ccoc1)C1CC2CCCC(C1)S2(=O)=O. The van der Waals surface area contributed by atoms with E-state index in [0.29, 0.717) is 31.2 Å². The van der Waals surface area contributed by atoms with Crippen molar-refractivity contribution in [2.75, 3.05) is 0 Å². The Balaban J connectivity index is 1.84. The van der Waals surface area contributed by atoms with E-state index in [4.69, 9.17) is 4.42 Å². The van der Waals surface area contributed by atoms with E-state index in [1.807, 2.05) is 0 Å². The number of hydrogen-bond donors (Lipinski definition) is 0. The van der Waals surface area contributed by atoms with Crippen LogP contribution >= 0.6 is 0 Å². The number of carbonyl (C=O) groups excluding carboxylic acids is 1. The van der Waals surface area contributed by atoms with Crippen molar-refractivity contribution in [3.8, 4) is 0 Å². The Kier molecular flexibility index (Phi) is 2.81. The first kappa shape index (κ1) is 12.0. The normalized spacial score (nSPS) is 34.1. The maximum Gasteiger partial charge on any atom is 0.169 e. The molecule has 2 bridgehead atoms. The van der Waals surface area contributed by atoms with Gasteiger partial charge in [-0.2, -0.15) is 0 Å². The lowest BCUT2D eigenvalue weighted by atomic mass is 9.85. The fourth-order valence-electron chi connectivity index (χ4n) is 3.26. The molecule has 0 N–H and O–H groups in total. The number of carbonyl (C=O) groups is 1. The van der Waals surface area contributed by atoms with E-state index < -0.39 is 9.84 Å². The highest BCUT2D eigenvalue weighted by molar-refractivity contribution is 7.92. The monoisotopic (exact) mass is 268 g/mol. The summed E-state index contributed by atoms with van der Waals surface area (Å²) in [4.78, 5) is 12.2. The summed E-state index contributed by atoms with van der Waals surface area (Å²) in [5.41, 5.74) is 0.567.